The first-order valence-electron chi connectivity index (χ1n) is 8.28. The lowest BCUT2D eigenvalue weighted by atomic mass is 10.0. The van der Waals surface area contributed by atoms with Crippen LogP contribution in [-0.4, -0.2) is 55.3 Å². The molecule has 1 aromatic rings. The number of amides is 2. The third kappa shape index (κ3) is 4.44. The average Bonchev–Trinajstić information content (AvgIpc) is 3.05. The molecule has 0 aromatic heterocycles. The third-order valence-electron chi connectivity index (χ3n) is 4.52. The Morgan fingerprint density at radius 2 is 1.84 bits per heavy atom. The van der Waals surface area contributed by atoms with Gasteiger partial charge in [-0.15, -0.1) is 0 Å². The van der Waals surface area contributed by atoms with Crippen LogP contribution in [0.1, 0.15) is 18.4 Å². The second kappa shape index (κ2) is 7.91. The molecule has 2 amide bonds. The Kier molecular flexibility index (Phi) is 5.84. The number of nitrogens with zero attached hydrogens (tertiary/aromatic N) is 1. The highest BCUT2D eigenvalue weighted by Gasteiger charge is 2.41. The number of nitrogens with one attached hydrogen (secondary N) is 1. The molecule has 0 atom stereocenters. The fourth-order valence-electron chi connectivity index (χ4n) is 3.09. The number of ether oxygens (including phenoxy) is 2. The standard InChI is InChI=1S/C17H20Cl2N2O4/c18-13-2-1-12(14(19)11-13)3-6-20-15(22)16(23)21-7-4-17(5-8-21)24-9-10-25-17/h1-2,11H,3-10H2,(H,20,22). The molecule has 25 heavy (non-hydrogen) atoms. The summed E-state index contributed by atoms with van der Waals surface area (Å²) in [4.78, 5) is 25.9. The van der Waals surface area contributed by atoms with Crippen LogP contribution in [-0.2, 0) is 25.5 Å². The zero-order valence-electron chi connectivity index (χ0n) is 13.7. The minimum atomic E-state index is -0.603. The Morgan fingerprint density at radius 3 is 2.48 bits per heavy atom. The van der Waals surface area contributed by atoms with E-state index in [0.29, 0.717) is 62.2 Å². The number of benzene rings is 1. The van der Waals surface area contributed by atoms with Crippen molar-refractivity contribution in [1.29, 1.82) is 0 Å². The molecule has 2 fully saturated rings. The summed E-state index contributed by atoms with van der Waals surface area (Å²) in [6.45, 7) is 2.41. The number of carbonyl (C=O) groups excluding carboxylic acids is 2. The van der Waals surface area contributed by atoms with Gasteiger partial charge in [0.2, 0.25) is 0 Å². The van der Waals surface area contributed by atoms with Gasteiger partial charge in [-0.25, -0.2) is 0 Å². The summed E-state index contributed by atoms with van der Waals surface area (Å²) >= 11 is 11.9. The van der Waals surface area contributed by atoms with Crippen molar-refractivity contribution >= 4 is 35.0 Å². The first-order valence-corrected chi connectivity index (χ1v) is 9.04. The zero-order valence-corrected chi connectivity index (χ0v) is 15.2. The van der Waals surface area contributed by atoms with Crippen molar-refractivity contribution in [2.45, 2.75) is 25.0 Å². The van der Waals surface area contributed by atoms with Crippen LogP contribution >= 0.6 is 23.2 Å². The van der Waals surface area contributed by atoms with Crippen LogP contribution in [0.4, 0.5) is 0 Å². The lowest BCUT2D eigenvalue weighted by Gasteiger charge is -2.37. The maximum Gasteiger partial charge on any atom is 0.311 e. The van der Waals surface area contributed by atoms with E-state index in [-0.39, 0.29) is 0 Å². The van der Waals surface area contributed by atoms with Gasteiger partial charge in [-0.05, 0) is 24.1 Å². The second-order valence-electron chi connectivity index (χ2n) is 6.14. The van der Waals surface area contributed by atoms with Gasteiger partial charge in [0, 0.05) is 42.5 Å². The fourth-order valence-corrected chi connectivity index (χ4v) is 3.59. The minimum absolute atomic E-state index is 0.329. The number of hydrogen-bond donors (Lipinski definition) is 1. The van der Waals surface area contributed by atoms with E-state index in [4.69, 9.17) is 32.7 Å². The molecule has 2 heterocycles. The van der Waals surface area contributed by atoms with Crippen molar-refractivity contribution < 1.29 is 19.1 Å². The van der Waals surface area contributed by atoms with Gasteiger partial charge < -0.3 is 19.7 Å². The van der Waals surface area contributed by atoms with E-state index in [9.17, 15) is 9.59 Å². The summed E-state index contributed by atoms with van der Waals surface area (Å²) in [5.74, 6) is -1.68. The van der Waals surface area contributed by atoms with Crippen molar-refractivity contribution in [2.75, 3.05) is 32.8 Å². The normalized spacial score (nSPS) is 19.2. The summed E-state index contributed by atoms with van der Waals surface area (Å²) < 4.78 is 11.2. The monoisotopic (exact) mass is 386 g/mol. The molecule has 0 radical (unpaired) electrons. The number of carbonyl (C=O) groups is 2. The zero-order chi connectivity index (χ0) is 17.9. The van der Waals surface area contributed by atoms with E-state index in [2.05, 4.69) is 5.32 Å². The Hall–Kier alpha value is -1.34. The first-order chi connectivity index (χ1) is 12.0. The van der Waals surface area contributed by atoms with Gasteiger partial charge in [-0.3, -0.25) is 9.59 Å². The second-order valence-corrected chi connectivity index (χ2v) is 6.99. The van der Waals surface area contributed by atoms with E-state index in [0.717, 1.165) is 5.56 Å². The Labute approximate surface area is 156 Å². The lowest BCUT2D eigenvalue weighted by Crippen LogP contribution is -2.51. The molecule has 3 rings (SSSR count). The van der Waals surface area contributed by atoms with Crippen LogP contribution in [0.3, 0.4) is 0 Å². The molecule has 0 unspecified atom stereocenters. The van der Waals surface area contributed by atoms with Crippen LogP contribution < -0.4 is 5.32 Å². The van der Waals surface area contributed by atoms with Crippen molar-refractivity contribution in [3.8, 4) is 0 Å². The number of piperidine rings is 1. The Morgan fingerprint density at radius 1 is 1.16 bits per heavy atom. The molecule has 2 aliphatic rings. The smallest absolute Gasteiger partial charge is 0.311 e. The van der Waals surface area contributed by atoms with Gasteiger partial charge in [0.05, 0.1) is 13.2 Å². The van der Waals surface area contributed by atoms with Gasteiger partial charge >= 0.3 is 11.8 Å². The number of rotatable bonds is 3. The molecule has 1 N–H and O–H groups in total. The SMILES string of the molecule is O=C(NCCc1ccc(Cl)cc1Cl)C(=O)N1CCC2(CC1)OCCO2. The minimum Gasteiger partial charge on any atom is -0.347 e. The van der Waals surface area contributed by atoms with Gasteiger partial charge in [0.1, 0.15) is 0 Å². The summed E-state index contributed by atoms with van der Waals surface area (Å²) in [7, 11) is 0. The molecular weight excluding hydrogens is 367 g/mol. The van der Waals surface area contributed by atoms with Crippen LogP contribution in [0.15, 0.2) is 18.2 Å². The summed E-state index contributed by atoms with van der Waals surface area (Å²) in [5, 5.41) is 3.76. The van der Waals surface area contributed by atoms with E-state index in [1.54, 1.807) is 17.0 Å². The van der Waals surface area contributed by atoms with Crippen molar-refractivity contribution in [1.82, 2.24) is 10.2 Å². The van der Waals surface area contributed by atoms with Gasteiger partial charge in [0.15, 0.2) is 5.79 Å². The molecule has 1 aromatic carbocycles. The third-order valence-corrected chi connectivity index (χ3v) is 5.10. The molecule has 2 aliphatic heterocycles. The first kappa shape index (κ1) is 18.5. The highest BCUT2D eigenvalue weighted by atomic mass is 35.5. The molecule has 6 nitrogen and oxygen atoms in total. The van der Waals surface area contributed by atoms with E-state index in [1.165, 1.54) is 0 Å². The predicted octanol–water partition coefficient (Wildman–Crippen LogP) is 2.02. The van der Waals surface area contributed by atoms with Crippen molar-refractivity contribution in [2.24, 2.45) is 0 Å². The van der Waals surface area contributed by atoms with E-state index in [1.807, 2.05) is 6.07 Å². The Balaban J connectivity index is 1.44. The van der Waals surface area contributed by atoms with Gasteiger partial charge in [-0.2, -0.15) is 0 Å². The lowest BCUT2D eigenvalue weighted by molar-refractivity contribution is -0.188. The molecule has 0 saturated carbocycles. The molecule has 1 spiro atoms. The number of halogens is 2. The number of likely N-dealkylation sites (tertiary alicyclic amines) is 1. The van der Waals surface area contributed by atoms with E-state index < -0.39 is 17.6 Å². The molecule has 2 saturated heterocycles. The predicted molar refractivity (Wildman–Crippen MR) is 93.6 cm³/mol. The maximum absolute atomic E-state index is 12.2. The summed E-state index contributed by atoms with van der Waals surface area (Å²) in [6, 6.07) is 5.21. The van der Waals surface area contributed by atoms with Gasteiger partial charge in [-0.1, -0.05) is 29.3 Å². The fraction of sp³-hybridized carbons (Fsp3) is 0.529. The van der Waals surface area contributed by atoms with Crippen LogP contribution in [0.25, 0.3) is 0 Å². The van der Waals surface area contributed by atoms with E-state index >= 15 is 0 Å². The molecule has 136 valence electrons. The van der Waals surface area contributed by atoms with Crippen LogP contribution in [0.5, 0.6) is 0 Å². The molecule has 0 aliphatic carbocycles. The number of hydrogen-bond acceptors (Lipinski definition) is 4. The van der Waals surface area contributed by atoms with Crippen molar-refractivity contribution in [3.05, 3.63) is 33.8 Å². The maximum atomic E-state index is 12.2. The quantitative estimate of drug-likeness (QED) is 0.806. The van der Waals surface area contributed by atoms with Gasteiger partial charge in [0.25, 0.3) is 0 Å². The topological polar surface area (TPSA) is 67.9 Å². The molecule has 8 heteroatoms. The van der Waals surface area contributed by atoms with Crippen molar-refractivity contribution in [3.63, 3.8) is 0 Å². The van der Waals surface area contributed by atoms with Crippen LogP contribution in [0, 0.1) is 0 Å². The highest BCUT2D eigenvalue weighted by molar-refractivity contribution is 6.35. The molecular formula is C17H20Cl2N2O4. The average molecular weight is 387 g/mol. The molecule has 0 bridgehead atoms. The largest absolute Gasteiger partial charge is 0.347 e. The summed E-state index contributed by atoms with van der Waals surface area (Å²) in [6.07, 6.45) is 1.71. The highest BCUT2D eigenvalue weighted by Crippen LogP contribution is 2.31. The van der Waals surface area contributed by atoms with Crippen LogP contribution in [0.2, 0.25) is 10.0 Å². The Bertz CT molecular complexity index is 652. The summed E-state index contributed by atoms with van der Waals surface area (Å²) in [5.41, 5.74) is 0.870.